The molecule has 0 saturated carbocycles. The molecule has 0 aromatic heterocycles. The summed E-state index contributed by atoms with van der Waals surface area (Å²) in [5.41, 5.74) is 6.05. The number of rotatable bonds is 8. The molecule has 3 N–H and O–H groups in total. The van der Waals surface area contributed by atoms with E-state index in [9.17, 15) is 9.59 Å². The number of nitrogens with one attached hydrogen (secondary N) is 3. The molecule has 2 bridgehead atoms. The number of ether oxygens (including phenoxy) is 2. The zero-order valence-electron chi connectivity index (χ0n) is 17.4. The van der Waals surface area contributed by atoms with Crippen molar-refractivity contribution in [2.45, 2.75) is 50.7 Å². The van der Waals surface area contributed by atoms with E-state index in [2.05, 4.69) is 21.1 Å². The number of carbonyl (C=O) groups excluding carboxylic acids is 2. The van der Waals surface area contributed by atoms with Crippen LogP contribution in [0.3, 0.4) is 0 Å². The van der Waals surface area contributed by atoms with Crippen molar-refractivity contribution >= 4 is 11.9 Å². The van der Waals surface area contributed by atoms with Crippen LogP contribution in [0.4, 0.5) is 4.79 Å². The van der Waals surface area contributed by atoms with E-state index in [1.54, 1.807) is 0 Å². The van der Waals surface area contributed by atoms with Gasteiger partial charge in [-0.15, -0.1) is 0 Å². The minimum absolute atomic E-state index is 0.00651. The lowest BCUT2D eigenvalue weighted by Gasteiger charge is -2.18. The minimum Gasteiger partial charge on any atom is -0.492 e. The number of amides is 3. The molecular formula is C22H32N4O4. The molecule has 3 fully saturated rings. The number of hydrogen-bond acceptors (Lipinski definition) is 5. The molecule has 0 aliphatic carbocycles. The first-order chi connectivity index (χ1) is 14.7. The van der Waals surface area contributed by atoms with Crippen LogP contribution >= 0.6 is 0 Å². The second kappa shape index (κ2) is 10.1. The van der Waals surface area contributed by atoms with Gasteiger partial charge < -0.3 is 14.8 Å². The molecule has 1 aromatic carbocycles. The summed E-state index contributed by atoms with van der Waals surface area (Å²) < 4.78 is 11.5. The number of nitrogens with zero attached hydrogens (tertiary/aromatic N) is 1. The smallest absolute Gasteiger partial charge is 0.333 e. The summed E-state index contributed by atoms with van der Waals surface area (Å²) in [6, 6.07) is 7.56. The number of likely N-dealkylation sites (tertiary alicyclic amines) is 1. The topological polar surface area (TPSA) is 91.9 Å². The van der Waals surface area contributed by atoms with Crippen molar-refractivity contribution in [3.63, 3.8) is 0 Å². The molecule has 4 rings (SSSR count). The highest BCUT2D eigenvalue weighted by atomic mass is 16.5. The molecule has 8 nitrogen and oxygen atoms in total. The molecule has 3 aliphatic rings. The van der Waals surface area contributed by atoms with E-state index in [0.29, 0.717) is 19.6 Å². The van der Waals surface area contributed by atoms with Gasteiger partial charge in [0.05, 0.1) is 18.1 Å². The Balaban J connectivity index is 1.08. The zero-order valence-corrected chi connectivity index (χ0v) is 17.4. The van der Waals surface area contributed by atoms with Gasteiger partial charge in [0.25, 0.3) is 0 Å². The number of carbonyl (C=O) groups is 2. The number of benzene rings is 1. The lowest BCUT2D eigenvalue weighted by Crippen LogP contribution is -2.50. The number of hydrazine groups is 1. The predicted molar refractivity (Wildman–Crippen MR) is 112 cm³/mol. The molecule has 1 aromatic rings. The summed E-state index contributed by atoms with van der Waals surface area (Å²) in [4.78, 5) is 26.5. The highest BCUT2D eigenvalue weighted by Crippen LogP contribution is 2.38. The van der Waals surface area contributed by atoms with Gasteiger partial charge in [-0.05, 0) is 69.3 Å². The fourth-order valence-corrected chi connectivity index (χ4v) is 4.54. The van der Waals surface area contributed by atoms with Crippen molar-refractivity contribution in [1.82, 2.24) is 21.1 Å². The maximum atomic E-state index is 12.2. The fourth-order valence-electron chi connectivity index (χ4n) is 4.54. The van der Waals surface area contributed by atoms with Gasteiger partial charge in [-0.2, -0.15) is 0 Å². The first kappa shape index (κ1) is 20.9. The molecule has 30 heavy (non-hydrogen) atoms. The van der Waals surface area contributed by atoms with Crippen LogP contribution in [0.1, 0.15) is 37.7 Å². The van der Waals surface area contributed by atoms with Crippen LogP contribution in [0.5, 0.6) is 5.75 Å². The fraction of sp³-hybridized carbons (Fsp3) is 0.636. The normalized spacial score (nSPS) is 25.3. The van der Waals surface area contributed by atoms with Gasteiger partial charge in [0.15, 0.2) is 0 Å². The summed E-state index contributed by atoms with van der Waals surface area (Å²) in [5, 5.41) is 2.76. The Bertz CT molecular complexity index is 720. The van der Waals surface area contributed by atoms with Gasteiger partial charge in [-0.25, -0.2) is 10.2 Å². The van der Waals surface area contributed by atoms with Crippen LogP contribution in [0.2, 0.25) is 0 Å². The summed E-state index contributed by atoms with van der Waals surface area (Å²) >= 11 is 0. The van der Waals surface area contributed by atoms with Crippen LogP contribution < -0.4 is 20.9 Å². The van der Waals surface area contributed by atoms with Crippen molar-refractivity contribution in [2.24, 2.45) is 5.92 Å². The van der Waals surface area contributed by atoms with Crippen LogP contribution in [0.25, 0.3) is 0 Å². The number of hydrogen-bond donors (Lipinski definition) is 3. The quantitative estimate of drug-likeness (QED) is 0.560. The van der Waals surface area contributed by atoms with Gasteiger partial charge >= 0.3 is 6.03 Å². The molecular weight excluding hydrogens is 384 g/mol. The van der Waals surface area contributed by atoms with Gasteiger partial charge in [-0.3, -0.25) is 15.1 Å². The Morgan fingerprint density at radius 1 is 1.10 bits per heavy atom. The molecule has 3 atom stereocenters. The molecule has 0 spiro atoms. The van der Waals surface area contributed by atoms with Crippen LogP contribution in [0.15, 0.2) is 24.3 Å². The summed E-state index contributed by atoms with van der Waals surface area (Å²) in [6.45, 7) is 4.53. The second-order valence-electron chi connectivity index (χ2n) is 8.38. The standard InChI is InChI=1S/C22H32N4O4/c27-21(19-15-18-7-8-20(19)30-18)24-25-22(28)23-10-9-16-3-5-17(6-4-16)29-14-13-26-11-1-2-12-26/h3-6,18-20H,1-2,7-15H2,(H,24,27)(H2,23,25,28). The molecule has 3 amide bonds. The average molecular weight is 417 g/mol. The Hall–Kier alpha value is -2.32. The van der Waals surface area contributed by atoms with Crippen LogP contribution in [-0.2, 0) is 16.0 Å². The van der Waals surface area contributed by atoms with Crippen molar-refractivity contribution < 1.29 is 19.1 Å². The summed E-state index contributed by atoms with van der Waals surface area (Å²) in [7, 11) is 0. The number of fused-ring (bicyclic) bond motifs is 2. The van der Waals surface area contributed by atoms with Crippen LogP contribution in [0, 0.1) is 5.92 Å². The van der Waals surface area contributed by atoms with E-state index in [1.807, 2.05) is 24.3 Å². The van der Waals surface area contributed by atoms with E-state index < -0.39 is 6.03 Å². The molecule has 8 heteroatoms. The van der Waals surface area contributed by atoms with Crippen molar-refractivity contribution in [1.29, 1.82) is 0 Å². The Kier molecular flexibility index (Phi) is 7.07. The lowest BCUT2D eigenvalue weighted by molar-refractivity contribution is -0.127. The SMILES string of the molecule is O=C(NCCc1ccc(OCCN2CCCC2)cc1)NNC(=O)C1CC2CCC1O2. The van der Waals surface area contributed by atoms with Gasteiger partial charge in [0.1, 0.15) is 12.4 Å². The van der Waals surface area contributed by atoms with E-state index in [-0.39, 0.29) is 24.0 Å². The molecule has 0 radical (unpaired) electrons. The summed E-state index contributed by atoms with van der Waals surface area (Å²) in [6.07, 6.45) is 6.22. The zero-order chi connectivity index (χ0) is 20.8. The third-order valence-corrected chi connectivity index (χ3v) is 6.24. The van der Waals surface area contributed by atoms with Crippen molar-refractivity contribution in [3.8, 4) is 5.75 Å². The Labute approximate surface area is 177 Å². The average Bonchev–Trinajstić information content (AvgIpc) is 3.52. The highest BCUT2D eigenvalue weighted by molar-refractivity contribution is 5.83. The maximum absolute atomic E-state index is 12.2. The number of urea groups is 1. The Morgan fingerprint density at radius 3 is 2.60 bits per heavy atom. The van der Waals surface area contributed by atoms with Gasteiger partial charge in [0, 0.05) is 13.1 Å². The van der Waals surface area contributed by atoms with Gasteiger partial charge in [-0.1, -0.05) is 12.1 Å². The first-order valence-electron chi connectivity index (χ1n) is 11.1. The minimum atomic E-state index is -0.408. The molecule has 3 aliphatic heterocycles. The third kappa shape index (κ3) is 5.64. The van der Waals surface area contributed by atoms with Gasteiger partial charge in [0.2, 0.25) is 5.91 Å². The van der Waals surface area contributed by atoms with E-state index in [0.717, 1.165) is 37.1 Å². The highest BCUT2D eigenvalue weighted by Gasteiger charge is 2.44. The second-order valence-corrected chi connectivity index (χ2v) is 8.38. The Morgan fingerprint density at radius 2 is 1.90 bits per heavy atom. The lowest BCUT2D eigenvalue weighted by atomic mass is 9.89. The van der Waals surface area contributed by atoms with Crippen LogP contribution in [-0.4, -0.2) is 61.8 Å². The molecule has 3 unspecified atom stereocenters. The van der Waals surface area contributed by atoms with E-state index in [1.165, 1.54) is 25.9 Å². The summed E-state index contributed by atoms with van der Waals surface area (Å²) in [5.74, 6) is 0.550. The largest absolute Gasteiger partial charge is 0.492 e. The maximum Gasteiger partial charge on any atom is 0.333 e. The molecule has 164 valence electrons. The van der Waals surface area contributed by atoms with E-state index in [4.69, 9.17) is 9.47 Å². The van der Waals surface area contributed by atoms with Crippen molar-refractivity contribution in [2.75, 3.05) is 32.8 Å². The van der Waals surface area contributed by atoms with Crippen molar-refractivity contribution in [3.05, 3.63) is 29.8 Å². The molecule has 3 saturated heterocycles. The molecule has 3 heterocycles. The first-order valence-corrected chi connectivity index (χ1v) is 11.1. The van der Waals surface area contributed by atoms with E-state index >= 15 is 0 Å². The monoisotopic (exact) mass is 416 g/mol. The third-order valence-electron chi connectivity index (χ3n) is 6.24. The predicted octanol–water partition coefficient (Wildman–Crippen LogP) is 1.60.